The van der Waals surface area contributed by atoms with Crippen LogP contribution in [-0.4, -0.2) is 23.5 Å². The lowest BCUT2D eigenvalue weighted by Gasteiger charge is -2.10. The first-order valence-corrected chi connectivity index (χ1v) is 7.24. The van der Waals surface area contributed by atoms with E-state index in [9.17, 15) is 4.79 Å². The third kappa shape index (κ3) is 9.99. The number of hydrogen-bond acceptors (Lipinski definition) is 4. The summed E-state index contributed by atoms with van der Waals surface area (Å²) < 4.78 is 5.59. The number of carbonyl (C=O) groups excluding carboxylic acids is 1. The molecular formula is C14H22BrNO2S. The Hall–Kier alpha value is -0.520. The number of carbonyl (C=O) groups is 1. The van der Waals surface area contributed by atoms with E-state index in [1.165, 1.54) is 11.8 Å². The van der Waals surface area contributed by atoms with Crippen LogP contribution < -0.4 is 10.5 Å². The molecule has 19 heavy (non-hydrogen) atoms. The standard InChI is InChI=1S/C14H21NO2S.BrH/c1-12(16)18-11-13(15)7-5-6-10-17-14-8-3-2-4-9-14;/h2-4,8-9,13H,5-7,10-11,15H2,1H3;1H/t13-;/m0./s1. The number of benzene rings is 1. The van der Waals surface area contributed by atoms with Gasteiger partial charge in [-0.2, -0.15) is 0 Å². The summed E-state index contributed by atoms with van der Waals surface area (Å²) >= 11 is 1.30. The zero-order valence-corrected chi connectivity index (χ0v) is 13.7. The monoisotopic (exact) mass is 347 g/mol. The predicted molar refractivity (Wildman–Crippen MR) is 87.2 cm³/mol. The van der Waals surface area contributed by atoms with Crippen molar-refractivity contribution in [2.45, 2.75) is 32.2 Å². The minimum atomic E-state index is 0. The van der Waals surface area contributed by atoms with E-state index in [1.807, 2.05) is 30.3 Å². The molecule has 0 aromatic heterocycles. The molecule has 0 bridgehead atoms. The molecular weight excluding hydrogens is 326 g/mol. The molecule has 0 spiro atoms. The fourth-order valence-corrected chi connectivity index (χ4v) is 2.14. The second-order valence-corrected chi connectivity index (χ2v) is 5.42. The van der Waals surface area contributed by atoms with Crippen LogP contribution in [0.2, 0.25) is 0 Å². The van der Waals surface area contributed by atoms with Crippen LogP contribution in [0.1, 0.15) is 26.2 Å². The fraction of sp³-hybridized carbons (Fsp3) is 0.500. The van der Waals surface area contributed by atoms with E-state index in [-0.39, 0.29) is 28.1 Å². The van der Waals surface area contributed by atoms with E-state index >= 15 is 0 Å². The minimum Gasteiger partial charge on any atom is -0.494 e. The van der Waals surface area contributed by atoms with Gasteiger partial charge >= 0.3 is 0 Å². The van der Waals surface area contributed by atoms with Gasteiger partial charge in [-0.25, -0.2) is 0 Å². The summed E-state index contributed by atoms with van der Waals surface area (Å²) in [4.78, 5) is 10.8. The third-order valence-corrected chi connectivity index (χ3v) is 3.48. The molecule has 108 valence electrons. The van der Waals surface area contributed by atoms with Gasteiger partial charge in [0.2, 0.25) is 0 Å². The van der Waals surface area contributed by atoms with Crippen molar-refractivity contribution < 1.29 is 9.53 Å². The average molecular weight is 348 g/mol. The Morgan fingerprint density at radius 3 is 2.63 bits per heavy atom. The van der Waals surface area contributed by atoms with Crippen molar-refractivity contribution in [1.29, 1.82) is 0 Å². The topological polar surface area (TPSA) is 52.3 Å². The maximum atomic E-state index is 10.8. The van der Waals surface area contributed by atoms with Gasteiger partial charge in [-0.3, -0.25) is 4.79 Å². The summed E-state index contributed by atoms with van der Waals surface area (Å²) in [6.07, 6.45) is 2.97. The van der Waals surface area contributed by atoms with Crippen LogP contribution in [0.3, 0.4) is 0 Å². The highest BCUT2D eigenvalue weighted by Gasteiger charge is 2.04. The molecule has 0 saturated carbocycles. The molecule has 0 aliphatic rings. The van der Waals surface area contributed by atoms with Crippen molar-refractivity contribution in [2.24, 2.45) is 5.73 Å². The summed E-state index contributed by atoms with van der Waals surface area (Å²) in [5.74, 6) is 1.63. The quantitative estimate of drug-likeness (QED) is 0.732. The zero-order valence-electron chi connectivity index (χ0n) is 11.2. The third-order valence-electron chi connectivity index (χ3n) is 2.48. The smallest absolute Gasteiger partial charge is 0.185 e. The fourth-order valence-electron chi connectivity index (χ4n) is 1.52. The maximum absolute atomic E-state index is 10.8. The Morgan fingerprint density at radius 2 is 2.00 bits per heavy atom. The van der Waals surface area contributed by atoms with Gasteiger partial charge in [0.1, 0.15) is 5.75 Å². The molecule has 5 heteroatoms. The molecule has 0 fully saturated rings. The van der Waals surface area contributed by atoms with Crippen molar-refractivity contribution in [3.8, 4) is 5.75 Å². The van der Waals surface area contributed by atoms with Gasteiger partial charge in [0.25, 0.3) is 0 Å². The highest BCUT2D eigenvalue weighted by Crippen LogP contribution is 2.11. The van der Waals surface area contributed by atoms with Crippen LogP contribution in [0.4, 0.5) is 0 Å². The average Bonchev–Trinajstić information content (AvgIpc) is 2.37. The second kappa shape index (κ2) is 11.3. The van der Waals surface area contributed by atoms with Gasteiger partial charge in [-0.1, -0.05) is 30.0 Å². The Kier molecular flexibility index (Phi) is 11.0. The van der Waals surface area contributed by atoms with E-state index in [4.69, 9.17) is 10.5 Å². The molecule has 0 saturated heterocycles. The van der Waals surface area contributed by atoms with Crippen LogP contribution in [0.5, 0.6) is 5.75 Å². The minimum absolute atomic E-state index is 0. The number of halogens is 1. The summed E-state index contributed by atoms with van der Waals surface area (Å²) in [5, 5.41) is 0.137. The number of ether oxygens (including phenoxy) is 1. The number of rotatable bonds is 8. The normalized spacial score (nSPS) is 11.5. The highest BCUT2D eigenvalue weighted by molar-refractivity contribution is 8.93. The van der Waals surface area contributed by atoms with Crippen LogP contribution in [0.25, 0.3) is 0 Å². The lowest BCUT2D eigenvalue weighted by atomic mass is 10.1. The number of thioether (sulfide) groups is 1. The molecule has 1 rings (SSSR count). The molecule has 3 nitrogen and oxygen atoms in total. The lowest BCUT2D eigenvalue weighted by Crippen LogP contribution is -2.23. The Labute approximate surface area is 130 Å². The highest BCUT2D eigenvalue weighted by atomic mass is 79.9. The van der Waals surface area contributed by atoms with Crippen LogP contribution in [0, 0.1) is 0 Å². The van der Waals surface area contributed by atoms with Gasteiger partial charge in [0.15, 0.2) is 5.12 Å². The largest absolute Gasteiger partial charge is 0.494 e. The zero-order chi connectivity index (χ0) is 13.2. The Bertz CT molecular complexity index is 349. The molecule has 0 aliphatic carbocycles. The first kappa shape index (κ1) is 18.5. The van der Waals surface area contributed by atoms with Crippen LogP contribution in [-0.2, 0) is 4.79 Å². The molecule has 0 unspecified atom stereocenters. The van der Waals surface area contributed by atoms with E-state index in [2.05, 4.69) is 0 Å². The van der Waals surface area contributed by atoms with E-state index in [1.54, 1.807) is 6.92 Å². The molecule has 1 atom stereocenters. The molecule has 0 heterocycles. The molecule has 0 aliphatic heterocycles. The number of nitrogens with two attached hydrogens (primary N) is 1. The van der Waals surface area contributed by atoms with Crippen LogP contribution >= 0.6 is 28.7 Å². The Morgan fingerprint density at radius 1 is 1.32 bits per heavy atom. The summed E-state index contributed by atoms with van der Waals surface area (Å²) in [6.45, 7) is 2.29. The number of hydrogen-bond donors (Lipinski definition) is 1. The first-order valence-electron chi connectivity index (χ1n) is 6.25. The molecule has 0 amide bonds. The van der Waals surface area contributed by atoms with Gasteiger partial charge in [-0.05, 0) is 31.4 Å². The number of unbranched alkanes of at least 4 members (excludes halogenated alkanes) is 1. The van der Waals surface area contributed by atoms with Crippen molar-refractivity contribution in [3.05, 3.63) is 30.3 Å². The van der Waals surface area contributed by atoms with Crippen LogP contribution in [0.15, 0.2) is 30.3 Å². The summed E-state index contributed by atoms with van der Waals surface area (Å²) in [6, 6.07) is 9.91. The Balaban J connectivity index is 0.00000324. The van der Waals surface area contributed by atoms with Gasteiger partial charge in [0, 0.05) is 18.7 Å². The molecule has 1 aromatic rings. The van der Waals surface area contributed by atoms with Crippen molar-refractivity contribution in [2.75, 3.05) is 12.4 Å². The number of para-hydroxylation sites is 1. The molecule has 1 aromatic carbocycles. The molecule has 2 N–H and O–H groups in total. The summed E-state index contributed by atoms with van der Waals surface area (Å²) in [7, 11) is 0. The van der Waals surface area contributed by atoms with E-state index in [0.717, 1.165) is 37.4 Å². The van der Waals surface area contributed by atoms with E-state index < -0.39 is 0 Å². The SMILES string of the molecule is Br.CC(=O)SC[C@@H](N)CCCCOc1ccccc1. The van der Waals surface area contributed by atoms with Crippen molar-refractivity contribution >= 4 is 33.9 Å². The van der Waals surface area contributed by atoms with Gasteiger partial charge in [0.05, 0.1) is 6.61 Å². The van der Waals surface area contributed by atoms with Gasteiger partial charge in [-0.15, -0.1) is 17.0 Å². The predicted octanol–water partition coefficient (Wildman–Crippen LogP) is 3.42. The van der Waals surface area contributed by atoms with Crippen molar-refractivity contribution in [3.63, 3.8) is 0 Å². The first-order chi connectivity index (χ1) is 8.68. The molecule has 0 radical (unpaired) electrons. The van der Waals surface area contributed by atoms with Crippen molar-refractivity contribution in [1.82, 2.24) is 0 Å². The van der Waals surface area contributed by atoms with E-state index in [0.29, 0.717) is 0 Å². The summed E-state index contributed by atoms with van der Waals surface area (Å²) in [5.41, 5.74) is 5.90. The van der Waals surface area contributed by atoms with Gasteiger partial charge < -0.3 is 10.5 Å². The lowest BCUT2D eigenvalue weighted by molar-refractivity contribution is -0.109. The second-order valence-electron chi connectivity index (χ2n) is 4.22. The maximum Gasteiger partial charge on any atom is 0.185 e.